The third-order valence-corrected chi connectivity index (χ3v) is 2.71. The van der Waals surface area contributed by atoms with Crippen LogP contribution in [0.15, 0.2) is 24.3 Å². The maximum Gasteiger partial charge on any atom is 0.335 e. The molecule has 0 spiro atoms. The average molecular weight is 206 g/mol. The number of benzene rings is 1. The van der Waals surface area contributed by atoms with Gasteiger partial charge in [0.15, 0.2) is 0 Å². The normalized spacial score (nSPS) is 11.1. The minimum absolute atomic E-state index is 0.0452. The van der Waals surface area contributed by atoms with Crippen LogP contribution in [-0.4, -0.2) is 16.9 Å². The Hall–Kier alpha value is -1.64. The molecule has 1 rings (SSSR count). The molecule has 0 heterocycles. The van der Waals surface area contributed by atoms with Gasteiger partial charge in [-0.25, -0.2) is 4.79 Å². The summed E-state index contributed by atoms with van der Waals surface area (Å²) < 4.78 is 0. The van der Waals surface area contributed by atoms with Crippen LogP contribution in [0.2, 0.25) is 0 Å². The molecule has 0 aliphatic rings. The highest BCUT2D eigenvalue weighted by molar-refractivity contribution is 5.95. The van der Waals surface area contributed by atoms with Gasteiger partial charge in [-0.1, -0.05) is 18.2 Å². The molecule has 0 aromatic heterocycles. The number of hydrogen-bond acceptors (Lipinski definition) is 2. The number of carbonyl (C=O) groups is 2. The lowest BCUT2D eigenvalue weighted by Gasteiger charge is -2.23. The summed E-state index contributed by atoms with van der Waals surface area (Å²) in [4.78, 5) is 22.4. The van der Waals surface area contributed by atoms with Gasteiger partial charge >= 0.3 is 5.97 Å². The van der Waals surface area contributed by atoms with Gasteiger partial charge in [-0.05, 0) is 32.4 Å². The van der Waals surface area contributed by atoms with Gasteiger partial charge in [0.1, 0.15) is 5.78 Å². The number of carbonyl (C=O) groups excluding carboxylic acids is 1. The van der Waals surface area contributed by atoms with Crippen LogP contribution in [0.3, 0.4) is 0 Å². The van der Waals surface area contributed by atoms with E-state index in [0.717, 1.165) is 0 Å². The van der Waals surface area contributed by atoms with E-state index in [-0.39, 0.29) is 11.3 Å². The van der Waals surface area contributed by atoms with Crippen LogP contribution in [0, 0.1) is 0 Å². The maximum absolute atomic E-state index is 11.4. The summed E-state index contributed by atoms with van der Waals surface area (Å²) in [5, 5.41) is 9.00. The van der Waals surface area contributed by atoms with E-state index in [0.29, 0.717) is 5.56 Å². The number of carboxylic acid groups (broad SMARTS) is 1. The number of hydrogen-bond donors (Lipinski definition) is 1. The molecule has 0 saturated carbocycles. The number of ketones is 1. The van der Waals surface area contributed by atoms with Crippen molar-refractivity contribution in [2.75, 3.05) is 0 Å². The first-order valence-electron chi connectivity index (χ1n) is 4.71. The maximum atomic E-state index is 11.4. The first-order chi connectivity index (χ1) is 6.87. The van der Waals surface area contributed by atoms with Crippen molar-refractivity contribution in [3.05, 3.63) is 35.4 Å². The molecule has 0 amide bonds. The van der Waals surface area contributed by atoms with Gasteiger partial charge in [-0.2, -0.15) is 0 Å². The van der Waals surface area contributed by atoms with E-state index < -0.39 is 11.4 Å². The Morgan fingerprint density at radius 1 is 1.20 bits per heavy atom. The summed E-state index contributed by atoms with van der Waals surface area (Å²) in [5.74, 6) is -1.05. The first-order valence-corrected chi connectivity index (χ1v) is 4.71. The van der Waals surface area contributed by atoms with Crippen molar-refractivity contribution in [2.24, 2.45) is 0 Å². The molecule has 0 aliphatic carbocycles. The second kappa shape index (κ2) is 3.85. The Kier molecular flexibility index (Phi) is 2.93. The topological polar surface area (TPSA) is 54.4 Å². The van der Waals surface area contributed by atoms with Gasteiger partial charge in [0.25, 0.3) is 0 Å². The van der Waals surface area contributed by atoms with Crippen molar-refractivity contribution in [3.8, 4) is 0 Å². The summed E-state index contributed by atoms with van der Waals surface area (Å²) in [6, 6.07) is 6.60. The van der Waals surface area contributed by atoms with Gasteiger partial charge in [0, 0.05) is 5.41 Å². The molecule has 0 aliphatic heterocycles. The molecule has 0 atom stereocenters. The third-order valence-electron chi connectivity index (χ3n) is 2.71. The molecular weight excluding hydrogens is 192 g/mol. The van der Waals surface area contributed by atoms with Crippen LogP contribution in [0.1, 0.15) is 36.7 Å². The zero-order valence-electron chi connectivity index (χ0n) is 9.07. The highest BCUT2D eigenvalue weighted by Crippen LogP contribution is 2.27. The summed E-state index contributed by atoms with van der Waals surface area (Å²) >= 11 is 0. The van der Waals surface area contributed by atoms with Gasteiger partial charge < -0.3 is 5.11 Å². The van der Waals surface area contributed by atoms with Crippen molar-refractivity contribution >= 4 is 11.8 Å². The molecule has 3 heteroatoms. The van der Waals surface area contributed by atoms with Gasteiger partial charge in [0.2, 0.25) is 0 Å². The van der Waals surface area contributed by atoms with Crippen LogP contribution in [0.25, 0.3) is 0 Å². The fraction of sp³-hybridized carbons (Fsp3) is 0.333. The molecule has 1 aromatic rings. The molecule has 80 valence electrons. The van der Waals surface area contributed by atoms with E-state index in [4.69, 9.17) is 5.11 Å². The molecule has 0 fully saturated rings. The third kappa shape index (κ3) is 2.06. The molecule has 0 radical (unpaired) electrons. The Morgan fingerprint density at radius 2 is 1.73 bits per heavy atom. The minimum Gasteiger partial charge on any atom is -0.478 e. The zero-order chi connectivity index (χ0) is 11.6. The smallest absolute Gasteiger partial charge is 0.335 e. The predicted octanol–water partition coefficient (Wildman–Crippen LogP) is 2.25. The van der Waals surface area contributed by atoms with Crippen molar-refractivity contribution in [1.29, 1.82) is 0 Å². The van der Waals surface area contributed by atoms with Crippen molar-refractivity contribution in [3.63, 3.8) is 0 Å². The lowest BCUT2D eigenvalue weighted by molar-refractivity contribution is -0.121. The second-order valence-electron chi connectivity index (χ2n) is 4.03. The molecule has 0 bridgehead atoms. The van der Waals surface area contributed by atoms with E-state index in [1.165, 1.54) is 13.0 Å². The van der Waals surface area contributed by atoms with Crippen molar-refractivity contribution in [2.45, 2.75) is 26.2 Å². The molecular formula is C12H14O3. The van der Waals surface area contributed by atoms with Gasteiger partial charge in [0.05, 0.1) is 5.56 Å². The lowest BCUT2D eigenvalue weighted by atomic mass is 9.79. The summed E-state index contributed by atoms with van der Waals surface area (Å²) in [5.41, 5.74) is -0.00248. The van der Waals surface area contributed by atoms with Gasteiger partial charge in [-0.15, -0.1) is 0 Å². The lowest BCUT2D eigenvalue weighted by Crippen LogP contribution is -2.28. The van der Waals surface area contributed by atoms with Crippen molar-refractivity contribution in [1.82, 2.24) is 0 Å². The van der Waals surface area contributed by atoms with E-state index >= 15 is 0 Å². The quantitative estimate of drug-likeness (QED) is 0.825. The predicted molar refractivity (Wildman–Crippen MR) is 57.1 cm³/mol. The van der Waals surface area contributed by atoms with E-state index in [1.54, 1.807) is 32.0 Å². The van der Waals surface area contributed by atoms with Crippen LogP contribution in [-0.2, 0) is 10.2 Å². The highest BCUT2D eigenvalue weighted by atomic mass is 16.4. The van der Waals surface area contributed by atoms with Crippen LogP contribution in [0.4, 0.5) is 0 Å². The number of carboxylic acids is 1. The highest BCUT2D eigenvalue weighted by Gasteiger charge is 2.29. The Labute approximate surface area is 88.7 Å². The molecule has 1 aromatic carbocycles. The fourth-order valence-electron chi connectivity index (χ4n) is 1.40. The van der Waals surface area contributed by atoms with Crippen molar-refractivity contribution < 1.29 is 14.7 Å². The molecule has 0 saturated heterocycles. The standard InChI is InChI=1S/C12H14O3/c1-8(13)12(2,3)10-7-5-4-6-9(10)11(14)15/h4-7H,1-3H3,(H,14,15). The molecule has 15 heavy (non-hydrogen) atoms. The van der Waals surface area contributed by atoms with Crippen LogP contribution < -0.4 is 0 Å². The zero-order valence-corrected chi connectivity index (χ0v) is 9.07. The Balaban J connectivity index is 3.37. The molecule has 0 unspecified atom stereocenters. The summed E-state index contributed by atoms with van der Waals surface area (Å²) in [6.45, 7) is 4.94. The number of Topliss-reactive ketones (excluding diaryl/α,β-unsaturated/α-hetero) is 1. The second-order valence-corrected chi connectivity index (χ2v) is 4.03. The average Bonchev–Trinajstić information content (AvgIpc) is 2.17. The summed E-state index contributed by atoms with van der Waals surface area (Å²) in [6.07, 6.45) is 0. The summed E-state index contributed by atoms with van der Waals surface area (Å²) in [7, 11) is 0. The number of aromatic carboxylic acids is 1. The van der Waals surface area contributed by atoms with Gasteiger partial charge in [-0.3, -0.25) is 4.79 Å². The van der Waals surface area contributed by atoms with Crippen LogP contribution >= 0.6 is 0 Å². The fourth-order valence-corrected chi connectivity index (χ4v) is 1.40. The first kappa shape index (κ1) is 11.4. The number of rotatable bonds is 3. The monoisotopic (exact) mass is 206 g/mol. The minimum atomic E-state index is -1.00. The molecule has 1 N–H and O–H groups in total. The Bertz CT molecular complexity index is 405. The SMILES string of the molecule is CC(=O)C(C)(C)c1ccccc1C(=O)O. The van der Waals surface area contributed by atoms with Crippen LogP contribution in [0.5, 0.6) is 0 Å². The molecule has 3 nitrogen and oxygen atoms in total. The van der Waals surface area contributed by atoms with E-state index in [9.17, 15) is 9.59 Å². The van der Waals surface area contributed by atoms with E-state index in [2.05, 4.69) is 0 Å². The van der Waals surface area contributed by atoms with E-state index in [1.807, 2.05) is 0 Å². The largest absolute Gasteiger partial charge is 0.478 e. The Morgan fingerprint density at radius 3 is 2.20 bits per heavy atom.